The maximum absolute atomic E-state index is 7.30. The van der Waals surface area contributed by atoms with E-state index in [2.05, 4.69) is 180 Å². The van der Waals surface area contributed by atoms with Crippen LogP contribution in [0.4, 0.5) is 0 Å². The molecule has 272 valence electrons. The van der Waals surface area contributed by atoms with Crippen LogP contribution in [-0.2, 0) is 0 Å². The predicted octanol–water partition coefficient (Wildman–Crippen LogP) is 13.2. The van der Waals surface area contributed by atoms with Gasteiger partial charge < -0.3 is 14.3 Å². The van der Waals surface area contributed by atoms with Gasteiger partial charge in [-0.25, -0.2) is 9.98 Å². The Morgan fingerprint density at radius 2 is 1.10 bits per heavy atom. The molecule has 0 amide bonds. The Hall–Kier alpha value is -7.76. The van der Waals surface area contributed by atoms with Crippen molar-refractivity contribution in [1.29, 1.82) is 0 Å². The summed E-state index contributed by atoms with van der Waals surface area (Å²) in [7, 11) is 0. The molecule has 1 unspecified atom stereocenters. The number of benzene rings is 9. The zero-order valence-corrected chi connectivity index (χ0v) is 31.3. The summed E-state index contributed by atoms with van der Waals surface area (Å²) in [6.45, 7) is 0. The molecule has 1 N–H and O–H groups in total. The summed E-state index contributed by atoms with van der Waals surface area (Å²) in [6.07, 6.45) is -0.336. The first-order valence-corrected chi connectivity index (χ1v) is 19.7. The lowest BCUT2D eigenvalue weighted by Crippen LogP contribution is -2.33. The molecule has 5 nitrogen and oxygen atoms in total. The van der Waals surface area contributed by atoms with Crippen molar-refractivity contribution in [2.75, 3.05) is 0 Å². The van der Waals surface area contributed by atoms with Crippen molar-refractivity contribution in [3.05, 3.63) is 211 Å². The van der Waals surface area contributed by atoms with Gasteiger partial charge in [-0.05, 0) is 62.5 Å². The van der Waals surface area contributed by atoms with Crippen LogP contribution in [0, 0.1) is 0 Å². The highest BCUT2D eigenvalue weighted by atomic mass is 16.3. The number of fused-ring (bicyclic) bond motifs is 10. The molecule has 1 atom stereocenters. The summed E-state index contributed by atoms with van der Waals surface area (Å²) in [4.78, 5) is 10.4. The zero-order chi connectivity index (χ0) is 38.2. The van der Waals surface area contributed by atoms with Gasteiger partial charge in [0.15, 0.2) is 11.4 Å². The molecule has 1 aliphatic rings. The van der Waals surface area contributed by atoms with E-state index in [1.807, 2.05) is 24.3 Å². The molecule has 1 aliphatic heterocycles. The molecule has 0 saturated carbocycles. The quantitative estimate of drug-likeness (QED) is 0.191. The van der Waals surface area contributed by atoms with E-state index in [9.17, 15) is 0 Å². The number of hydrogen-bond acceptors (Lipinski definition) is 4. The molecule has 0 radical (unpaired) electrons. The Labute approximate surface area is 333 Å². The van der Waals surface area contributed by atoms with Crippen LogP contribution in [0.3, 0.4) is 0 Å². The maximum atomic E-state index is 7.30. The van der Waals surface area contributed by atoms with Crippen molar-refractivity contribution in [1.82, 2.24) is 9.88 Å². The fourth-order valence-electron chi connectivity index (χ4n) is 9.04. The standard InChI is InChI=1S/C53H34N4O/c1-4-17-33(18-5-1)42-32-46-47(39-26-13-12-25-38(39)42)40-27-14-15-29-44(40)57(46)45-30-16-28-41-48-37-24-11-10-23-36(37)31-43(50(48)58-49(41)45)53-55-51(34-19-6-2-7-20-34)54-52(56-53)35-21-8-3-9-22-35/h1-32,51H,(H,54,55,56). The van der Waals surface area contributed by atoms with Crippen molar-refractivity contribution in [3.63, 3.8) is 0 Å². The largest absolute Gasteiger partial charge is 0.453 e. The number of hydrogen-bond donors (Lipinski definition) is 1. The van der Waals surface area contributed by atoms with E-state index < -0.39 is 0 Å². The van der Waals surface area contributed by atoms with E-state index in [1.54, 1.807) is 0 Å². The number of nitrogens with zero attached hydrogens (tertiary/aromatic N) is 3. The van der Waals surface area contributed by atoms with Gasteiger partial charge in [-0.3, -0.25) is 0 Å². The Kier molecular flexibility index (Phi) is 7.23. The highest BCUT2D eigenvalue weighted by Gasteiger charge is 2.27. The minimum atomic E-state index is -0.336. The summed E-state index contributed by atoms with van der Waals surface area (Å²) in [5, 5.41) is 12.9. The Morgan fingerprint density at radius 1 is 0.466 bits per heavy atom. The first-order valence-electron chi connectivity index (χ1n) is 19.7. The minimum absolute atomic E-state index is 0.336. The molecular formula is C53H34N4O. The minimum Gasteiger partial charge on any atom is -0.453 e. The van der Waals surface area contributed by atoms with Gasteiger partial charge in [0.2, 0.25) is 0 Å². The molecule has 58 heavy (non-hydrogen) atoms. The van der Waals surface area contributed by atoms with Crippen LogP contribution in [0.2, 0.25) is 0 Å². The van der Waals surface area contributed by atoms with Gasteiger partial charge in [-0.2, -0.15) is 0 Å². The summed E-state index contributed by atoms with van der Waals surface area (Å²) < 4.78 is 9.70. The average Bonchev–Trinajstić information content (AvgIpc) is 3.86. The molecule has 11 aromatic rings. The summed E-state index contributed by atoms with van der Waals surface area (Å²) in [6, 6.07) is 68.5. The van der Waals surface area contributed by atoms with Gasteiger partial charge >= 0.3 is 0 Å². The third-order valence-electron chi connectivity index (χ3n) is 11.6. The van der Waals surface area contributed by atoms with E-state index in [4.69, 9.17) is 14.4 Å². The van der Waals surface area contributed by atoms with Crippen LogP contribution >= 0.6 is 0 Å². The van der Waals surface area contributed by atoms with Gasteiger partial charge in [0.1, 0.15) is 17.6 Å². The number of para-hydroxylation sites is 2. The van der Waals surface area contributed by atoms with Gasteiger partial charge in [-0.15, -0.1) is 0 Å². The van der Waals surface area contributed by atoms with Crippen LogP contribution in [0.25, 0.3) is 82.1 Å². The lowest BCUT2D eigenvalue weighted by Gasteiger charge is -2.24. The van der Waals surface area contributed by atoms with Crippen molar-refractivity contribution in [2.24, 2.45) is 9.98 Å². The third kappa shape index (κ3) is 4.97. The molecule has 5 heteroatoms. The lowest BCUT2D eigenvalue weighted by molar-refractivity contribution is 0.658. The summed E-state index contributed by atoms with van der Waals surface area (Å²) in [5.41, 5.74) is 10.1. The molecule has 12 rings (SSSR count). The van der Waals surface area contributed by atoms with E-state index in [0.29, 0.717) is 5.84 Å². The van der Waals surface area contributed by atoms with Gasteiger partial charge in [0.25, 0.3) is 0 Å². The third-order valence-corrected chi connectivity index (χ3v) is 11.6. The highest BCUT2D eigenvalue weighted by Crippen LogP contribution is 2.45. The topological polar surface area (TPSA) is 54.8 Å². The SMILES string of the molecule is c1ccc(C2=NC(c3ccccc3)NC(c3cc4ccccc4c4c3oc3c(-n5c6ccccc6c6c7ccccc7c(-c7ccccc7)cc65)cccc34)=N2)cc1. The lowest BCUT2D eigenvalue weighted by atomic mass is 9.95. The second-order valence-electron chi connectivity index (χ2n) is 14.9. The van der Waals surface area contributed by atoms with Crippen LogP contribution in [-0.4, -0.2) is 16.2 Å². The van der Waals surface area contributed by atoms with Crippen LogP contribution in [0.5, 0.6) is 0 Å². The van der Waals surface area contributed by atoms with Crippen molar-refractivity contribution in [3.8, 4) is 16.8 Å². The van der Waals surface area contributed by atoms with E-state index in [-0.39, 0.29) is 6.17 Å². The Morgan fingerprint density at radius 3 is 1.90 bits per heavy atom. The number of nitrogens with one attached hydrogen (secondary N) is 1. The van der Waals surface area contributed by atoms with Crippen LogP contribution in [0.1, 0.15) is 22.9 Å². The second kappa shape index (κ2) is 12.9. The van der Waals surface area contributed by atoms with Gasteiger partial charge in [0.05, 0.1) is 22.3 Å². The van der Waals surface area contributed by atoms with E-state index in [1.165, 1.54) is 32.7 Å². The monoisotopic (exact) mass is 742 g/mol. The van der Waals surface area contributed by atoms with Gasteiger partial charge in [-0.1, -0.05) is 170 Å². The Bertz CT molecular complexity index is 3470. The zero-order valence-electron chi connectivity index (χ0n) is 31.3. The van der Waals surface area contributed by atoms with Crippen molar-refractivity contribution >= 4 is 77.0 Å². The molecule has 0 fully saturated rings. The summed E-state index contributed by atoms with van der Waals surface area (Å²) >= 11 is 0. The first-order chi connectivity index (χ1) is 28.8. The fourth-order valence-corrected chi connectivity index (χ4v) is 9.04. The molecule has 0 spiro atoms. The molecule has 0 saturated heterocycles. The van der Waals surface area contributed by atoms with Gasteiger partial charge in [0, 0.05) is 27.1 Å². The van der Waals surface area contributed by atoms with E-state index in [0.717, 1.165) is 72.0 Å². The second-order valence-corrected chi connectivity index (χ2v) is 14.9. The summed E-state index contributed by atoms with van der Waals surface area (Å²) in [5.74, 6) is 1.39. The number of aliphatic imine (C=N–C) groups is 2. The molecular weight excluding hydrogens is 709 g/mol. The van der Waals surface area contributed by atoms with E-state index >= 15 is 0 Å². The normalized spacial score (nSPS) is 14.4. The fraction of sp³-hybridized carbons (Fsp3) is 0.0189. The van der Waals surface area contributed by atoms with Crippen molar-refractivity contribution < 1.29 is 4.42 Å². The predicted molar refractivity (Wildman–Crippen MR) is 240 cm³/mol. The smallest absolute Gasteiger partial charge is 0.159 e. The number of aromatic nitrogens is 1. The maximum Gasteiger partial charge on any atom is 0.159 e. The first kappa shape index (κ1) is 32.5. The number of furan rings is 1. The molecule has 9 aromatic carbocycles. The number of amidine groups is 2. The van der Waals surface area contributed by atoms with Crippen LogP contribution < -0.4 is 5.32 Å². The Balaban J connectivity index is 1.16. The number of rotatable bonds is 5. The molecule has 2 aromatic heterocycles. The molecule has 3 heterocycles. The molecule has 0 bridgehead atoms. The molecule has 0 aliphatic carbocycles. The highest BCUT2D eigenvalue weighted by molar-refractivity contribution is 6.28. The average molecular weight is 743 g/mol. The van der Waals surface area contributed by atoms with Crippen LogP contribution in [0.15, 0.2) is 209 Å². The van der Waals surface area contributed by atoms with Crippen molar-refractivity contribution in [2.45, 2.75) is 6.17 Å².